The molecular formula is C24H27ClO6. The Bertz CT molecular complexity index is 909. The quantitative estimate of drug-likeness (QED) is 0.632. The molecule has 2 saturated heterocycles. The Morgan fingerprint density at radius 2 is 1.77 bits per heavy atom. The standard InChI is InChI=1S/C24H27ClO6/c25-19-6-3-14(21-9-20(27)23(28)22(10-26)31-21)8-15(19)7-13-1-4-16(5-2-13)30-24-17-11-29-12-18(17)24/h1-6,8,17-18,20-24,26-28H,7,9-12H2/t17?,18?,20-,21?,22-,23+,24?/m1/s1. The lowest BCUT2D eigenvalue weighted by Crippen LogP contribution is -2.47. The summed E-state index contributed by atoms with van der Waals surface area (Å²) in [4.78, 5) is 0. The molecule has 3 N–H and O–H groups in total. The van der Waals surface area contributed by atoms with Gasteiger partial charge in [0.05, 0.1) is 32.0 Å². The molecule has 0 amide bonds. The van der Waals surface area contributed by atoms with Gasteiger partial charge in [0.1, 0.15) is 24.1 Å². The molecule has 2 aromatic carbocycles. The average Bonchev–Trinajstić information content (AvgIpc) is 3.18. The van der Waals surface area contributed by atoms with Crippen LogP contribution >= 0.6 is 11.6 Å². The molecule has 1 aliphatic carbocycles. The summed E-state index contributed by atoms with van der Waals surface area (Å²) in [6.45, 7) is 1.27. The topological polar surface area (TPSA) is 88.4 Å². The average molecular weight is 447 g/mol. The van der Waals surface area contributed by atoms with Gasteiger partial charge >= 0.3 is 0 Å². The van der Waals surface area contributed by atoms with Crippen LogP contribution in [0.5, 0.6) is 5.75 Å². The molecule has 5 rings (SSSR count). The smallest absolute Gasteiger partial charge is 0.119 e. The number of aliphatic hydroxyl groups excluding tert-OH is 3. The number of fused-ring (bicyclic) bond motifs is 1. The first-order chi connectivity index (χ1) is 15.0. The van der Waals surface area contributed by atoms with Crippen LogP contribution in [0.3, 0.4) is 0 Å². The number of ether oxygens (including phenoxy) is 3. The monoisotopic (exact) mass is 446 g/mol. The fourth-order valence-electron chi connectivity index (χ4n) is 4.67. The van der Waals surface area contributed by atoms with Crippen molar-refractivity contribution in [3.63, 3.8) is 0 Å². The molecule has 166 valence electrons. The zero-order valence-electron chi connectivity index (χ0n) is 17.1. The van der Waals surface area contributed by atoms with E-state index in [2.05, 4.69) is 0 Å². The maximum atomic E-state index is 10.1. The predicted octanol–water partition coefficient (Wildman–Crippen LogP) is 2.50. The van der Waals surface area contributed by atoms with E-state index in [4.69, 9.17) is 25.8 Å². The van der Waals surface area contributed by atoms with E-state index in [1.165, 1.54) is 0 Å². The van der Waals surface area contributed by atoms with Crippen LogP contribution in [-0.2, 0) is 15.9 Å². The molecule has 0 bridgehead atoms. The zero-order valence-corrected chi connectivity index (χ0v) is 17.8. The van der Waals surface area contributed by atoms with Gasteiger partial charge in [0, 0.05) is 23.3 Å². The van der Waals surface area contributed by atoms with Gasteiger partial charge in [-0.3, -0.25) is 0 Å². The third-order valence-electron chi connectivity index (χ3n) is 6.66. The van der Waals surface area contributed by atoms with Gasteiger partial charge in [-0.1, -0.05) is 35.9 Å². The highest BCUT2D eigenvalue weighted by molar-refractivity contribution is 6.31. The van der Waals surface area contributed by atoms with Crippen molar-refractivity contribution >= 4 is 11.6 Å². The molecule has 31 heavy (non-hydrogen) atoms. The van der Waals surface area contributed by atoms with Gasteiger partial charge in [0.15, 0.2) is 0 Å². The third kappa shape index (κ3) is 4.33. The summed E-state index contributed by atoms with van der Waals surface area (Å²) >= 11 is 6.45. The van der Waals surface area contributed by atoms with Crippen LogP contribution in [0.4, 0.5) is 0 Å². The summed E-state index contributed by atoms with van der Waals surface area (Å²) < 4.78 is 17.3. The Kier molecular flexibility index (Phi) is 5.94. The Balaban J connectivity index is 1.26. The van der Waals surface area contributed by atoms with E-state index >= 15 is 0 Å². The first-order valence-corrected chi connectivity index (χ1v) is 11.2. The molecule has 2 aromatic rings. The van der Waals surface area contributed by atoms with Crippen LogP contribution < -0.4 is 4.74 Å². The second-order valence-electron chi connectivity index (χ2n) is 8.76. The van der Waals surface area contributed by atoms with Crippen LogP contribution in [0.15, 0.2) is 42.5 Å². The summed E-state index contributed by atoms with van der Waals surface area (Å²) in [5.74, 6) is 1.97. The van der Waals surface area contributed by atoms with E-state index in [9.17, 15) is 15.3 Å². The molecule has 3 unspecified atom stereocenters. The van der Waals surface area contributed by atoms with Crippen molar-refractivity contribution in [2.45, 2.75) is 43.4 Å². The Morgan fingerprint density at radius 3 is 2.48 bits per heavy atom. The zero-order chi connectivity index (χ0) is 21.5. The largest absolute Gasteiger partial charge is 0.490 e. The summed E-state index contributed by atoms with van der Waals surface area (Å²) in [6, 6.07) is 13.8. The van der Waals surface area contributed by atoms with Gasteiger partial charge in [-0.15, -0.1) is 0 Å². The van der Waals surface area contributed by atoms with Crippen LogP contribution in [0.25, 0.3) is 0 Å². The van der Waals surface area contributed by atoms with Crippen molar-refractivity contribution in [3.05, 3.63) is 64.2 Å². The van der Waals surface area contributed by atoms with Crippen LogP contribution in [0, 0.1) is 11.8 Å². The summed E-state index contributed by atoms with van der Waals surface area (Å²) in [5.41, 5.74) is 2.93. The molecule has 3 aliphatic rings. The normalized spacial score (nSPS) is 34.4. The van der Waals surface area contributed by atoms with Crippen molar-refractivity contribution in [1.82, 2.24) is 0 Å². The van der Waals surface area contributed by atoms with Gasteiger partial charge in [0.2, 0.25) is 0 Å². The first kappa shape index (κ1) is 21.2. The van der Waals surface area contributed by atoms with Crippen molar-refractivity contribution in [3.8, 4) is 5.75 Å². The molecule has 0 spiro atoms. The van der Waals surface area contributed by atoms with Crippen LogP contribution in [0.1, 0.15) is 29.2 Å². The number of hydrogen-bond acceptors (Lipinski definition) is 6. The lowest BCUT2D eigenvalue weighted by Gasteiger charge is -2.36. The maximum Gasteiger partial charge on any atom is 0.119 e. The molecule has 6 nitrogen and oxygen atoms in total. The Labute approximate surface area is 186 Å². The van der Waals surface area contributed by atoms with E-state index < -0.39 is 24.4 Å². The lowest BCUT2D eigenvalue weighted by molar-refractivity contribution is -0.181. The van der Waals surface area contributed by atoms with Gasteiger partial charge < -0.3 is 29.5 Å². The van der Waals surface area contributed by atoms with Gasteiger partial charge in [-0.25, -0.2) is 0 Å². The van der Waals surface area contributed by atoms with E-state index in [0.29, 0.717) is 23.3 Å². The fourth-order valence-corrected chi connectivity index (χ4v) is 4.86. The maximum absolute atomic E-state index is 10.1. The van der Waals surface area contributed by atoms with Gasteiger partial charge in [0.25, 0.3) is 0 Å². The minimum absolute atomic E-state index is 0.263. The number of hydrogen-bond donors (Lipinski definition) is 3. The third-order valence-corrected chi connectivity index (χ3v) is 7.02. The van der Waals surface area contributed by atoms with Crippen LogP contribution in [-0.4, -0.2) is 59.6 Å². The van der Waals surface area contributed by atoms with E-state index in [1.54, 1.807) is 0 Å². The highest BCUT2D eigenvalue weighted by Gasteiger charge is 2.56. The minimum Gasteiger partial charge on any atom is -0.490 e. The molecular weight excluding hydrogens is 420 g/mol. The van der Waals surface area contributed by atoms with Crippen molar-refractivity contribution < 1.29 is 29.5 Å². The molecule has 7 heteroatoms. The second kappa shape index (κ2) is 8.70. The van der Waals surface area contributed by atoms with Gasteiger partial charge in [-0.2, -0.15) is 0 Å². The number of aliphatic hydroxyl groups is 3. The predicted molar refractivity (Wildman–Crippen MR) is 114 cm³/mol. The summed E-state index contributed by atoms with van der Waals surface area (Å²) in [6.07, 6.45) is -2.05. The number of rotatable bonds is 6. The van der Waals surface area contributed by atoms with Crippen molar-refractivity contribution in [1.29, 1.82) is 0 Å². The highest BCUT2D eigenvalue weighted by Crippen LogP contribution is 2.46. The molecule has 1 saturated carbocycles. The van der Waals surface area contributed by atoms with Gasteiger partial charge in [-0.05, 0) is 41.3 Å². The second-order valence-corrected chi connectivity index (χ2v) is 9.17. The first-order valence-electron chi connectivity index (χ1n) is 10.8. The summed E-state index contributed by atoms with van der Waals surface area (Å²) in [7, 11) is 0. The lowest BCUT2D eigenvalue weighted by atomic mass is 9.92. The van der Waals surface area contributed by atoms with E-state index in [1.807, 2.05) is 42.5 Å². The molecule has 0 aromatic heterocycles. The molecule has 2 aliphatic heterocycles. The SMILES string of the molecule is OC[C@H]1OC(c2ccc(Cl)c(Cc3ccc(OC4C5COCC54)cc3)c2)C[C@@H](O)[C@@H]1O. The molecule has 3 fully saturated rings. The van der Waals surface area contributed by atoms with Crippen LogP contribution in [0.2, 0.25) is 5.02 Å². The number of benzene rings is 2. The summed E-state index contributed by atoms with van der Waals surface area (Å²) in [5, 5.41) is 30.2. The molecule has 2 heterocycles. The highest BCUT2D eigenvalue weighted by atomic mass is 35.5. The number of halogens is 1. The van der Waals surface area contributed by atoms with E-state index in [-0.39, 0.29) is 19.1 Å². The molecule has 6 atom stereocenters. The Hall–Kier alpha value is -1.67. The Morgan fingerprint density at radius 1 is 1.03 bits per heavy atom. The fraction of sp³-hybridized carbons (Fsp3) is 0.500. The van der Waals surface area contributed by atoms with Crippen molar-refractivity contribution in [2.75, 3.05) is 19.8 Å². The van der Waals surface area contributed by atoms with Crippen molar-refractivity contribution in [2.24, 2.45) is 11.8 Å². The minimum atomic E-state index is -1.09. The molecule has 0 radical (unpaired) electrons. The van der Waals surface area contributed by atoms with E-state index in [0.717, 1.165) is 35.7 Å².